The predicted octanol–water partition coefficient (Wildman–Crippen LogP) is 1.93. The zero-order valence-corrected chi connectivity index (χ0v) is 11.5. The molecule has 0 aliphatic heterocycles. The summed E-state index contributed by atoms with van der Waals surface area (Å²) < 4.78 is 0. The van der Waals surface area contributed by atoms with Gasteiger partial charge in [0.2, 0.25) is 0 Å². The van der Waals surface area contributed by atoms with Gasteiger partial charge in [-0.15, -0.1) is 0 Å². The van der Waals surface area contributed by atoms with Crippen LogP contribution in [0.1, 0.15) is 59.8 Å². The van der Waals surface area contributed by atoms with Crippen LogP contribution in [-0.2, 0) is 0 Å². The van der Waals surface area contributed by atoms with Crippen LogP contribution in [-0.4, -0.2) is 23.8 Å². The van der Waals surface area contributed by atoms with Crippen molar-refractivity contribution in [3.63, 3.8) is 0 Å². The highest BCUT2D eigenvalue weighted by Crippen LogP contribution is 2.37. The van der Waals surface area contributed by atoms with Crippen LogP contribution in [0.3, 0.4) is 0 Å². The topological polar surface area (TPSA) is 36.8 Å². The van der Waals surface area contributed by atoms with Crippen LogP contribution in [0.25, 0.3) is 0 Å². The fourth-order valence-electron chi connectivity index (χ4n) is 2.89. The minimum atomic E-state index is 0.329. The average molecular weight is 228 g/mol. The van der Waals surface area contributed by atoms with Crippen LogP contribution in [0, 0.1) is 11.3 Å². The van der Waals surface area contributed by atoms with Gasteiger partial charge in [-0.25, -0.2) is 0 Å². The van der Waals surface area contributed by atoms with E-state index in [0.29, 0.717) is 18.1 Å². The third-order valence-electron chi connectivity index (χ3n) is 4.30. The summed E-state index contributed by atoms with van der Waals surface area (Å²) in [6, 6.07) is 1.19. The van der Waals surface area contributed by atoms with Gasteiger partial charge in [0.05, 0.1) is 12.6 Å². The Hall–Kier alpha value is -0.0800. The first-order valence-corrected chi connectivity index (χ1v) is 6.93. The van der Waals surface area contributed by atoms with Crippen molar-refractivity contribution in [3.05, 3.63) is 0 Å². The summed E-state index contributed by atoms with van der Waals surface area (Å²) in [5, 5.41) is 11.6. The summed E-state index contributed by atoms with van der Waals surface area (Å²) in [5.41, 5.74) is 0.478. The molecule has 16 heavy (non-hydrogen) atoms. The quantitative estimate of drug-likeness (QED) is 0.758. The number of aliphatic hydroxyl groups excluding tert-OH is 1. The van der Waals surface area contributed by atoms with Gasteiger partial charge in [-0.3, -0.25) is 0 Å². The highest BCUT2D eigenvalue weighted by molar-refractivity contribution is 4.80. The highest BCUT2D eigenvalue weighted by Gasteiger charge is 2.31. The van der Waals surface area contributed by atoms with Gasteiger partial charge in [0, 0.05) is 0 Å². The predicted molar refractivity (Wildman–Crippen MR) is 68.3 cm³/mol. The third kappa shape index (κ3) is 4.06. The van der Waals surface area contributed by atoms with Crippen LogP contribution in [0.5, 0.6) is 0 Å². The van der Waals surface area contributed by atoms with E-state index >= 15 is 0 Å². The number of aliphatic hydroxyl groups is 1. The standard InChI is InChI=1S/C14H29NO/c1-5-12(10-16)15-13-8-6-11(7-9-13)14(2,3)4/h11-13,15-16H,5-10H2,1-4H3/p+1. The van der Waals surface area contributed by atoms with E-state index in [1.54, 1.807) is 0 Å². The molecule has 0 aromatic rings. The Bertz CT molecular complexity index is 185. The van der Waals surface area contributed by atoms with Crippen molar-refractivity contribution in [2.24, 2.45) is 11.3 Å². The maximum Gasteiger partial charge on any atom is 0.109 e. The molecule has 0 heterocycles. The summed E-state index contributed by atoms with van der Waals surface area (Å²) >= 11 is 0. The molecule has 2 nitrogen and oxygen atoms in total. The van der Waals surface area contributed by atoms with E-state index in [1.807, 2.05) is 0 Å². The van der Waals surface area contributed by atoms with E-state index in [4.69, 9.17) is 0 Å². The molecule has 0 saturated heterocycles. The Morgan fingerprint density at radius 3 is 2.12 bits per heavy atom. The zero-order valence-electron chi connectivity index (χ0n) is 11.5. The first kappa shape index (κ1) is 14.0. The Balaban J connectivity index is 2.32. The van der Waals surface area contributed by atoms with Crippen molar-refractivity contribution >= 4 is 0 Å². The van der Waals surface area contributed by atoms with E-state index in [2.05, 4.69) is 33.0 Å². The molecule has 96 valence electrons. The van der Waals surface area contributed by atoms with E-state index in [0.717, 1.165) is 18.4 Å². The summed E-state index contributed by atoms with van der Waals surface area (Å²) in [4.78, 5) is 0. The first-order chi connectivity index (χ1) is 7.47. The van der Waals surface area contributed by atoms with Gasteiger partial charge in [-0.05, 0) is 43.4 Å². The fourth-order valence-corrected chi connectivity index (χ4v) is 2.89. The molecular formula is C14H30NO+. The lowest BCUT2D eigenvalue weighted by atomic mass is 9.71. The van der Waals surface area contributed by atoms with Crippen molar-refractivity contribution in [1.29, 1.82) is 0 Å². The molecule has 0 amide bonds. The van der Waals surface area contributed by atoms with Gasteiger partial charge in [0.1, 0.15) is 6.04 Å². The molecule has 1 saturated carbocycles. The minimum absolute atomic E-state index is 0.329. The number of nitrogens with two attached hydrogens (primary N) is 1. The first-order valence-electron chi connectivity index (χ1n) is 6.93. The lowest BCUT2D eigenvalue weighted by Crippen LogP contribution is -2.96. The van der Waals surface area contributed by atoms with E-state index in [9.17, 15) is 5.11 Å². The van der Waals surface area contributed by atoms with Crippen molar-refractivity contribution in [1.82, 2.24) is 0 Å². The molecule has 0 radical (unpaired) electrons. The maximum absolute atomic E-state index is 9.21. The molecule has 1 aliphatic carbocycles. The lowest BCUT2D eigenvalue weighted by Gasteiger charge is -2.36. The van der Waals surface area contributed by atoms with Crippen LogP contribution in [0.15, 0.2) is 0 Å². The van der Waals surface area contributed by atoms with Gasteiger partial charge in [-0.1, -0.05) is 27.7 Å². The SMILES string of the molecule is CCC(CO)[NH2+]C1CCC(C(C)(C)C)CC1. The minimum Gasteiger partial charge on any atom is -0.390 e. The third-order valence-corrected chi connectivity index (χ3v) is 4.30. The second kappa shape index (κ2) is 6.02. The molecule has 1 atom stereocenters. The highest BCUT2D eigenvalue weighted by atomic mass is 16.3. The average Bonchev–Trinajstić information content (AvgIpc) is 2.25. The van der Waals surface area contributed by atoms with Crippen molar-refractivity contribution < 1.29 is 10.4 Å². The zero-order chi connectivity index (χ0) is 12.2. The molecular weight excluding hydrogens is 198 g/mol. The number of quaternary nitrogens is 1. The lowest BCUT2D eigenvalue weighted by molar-refractivity contribution is -0.725. The van der Waals surface area contributed by atoms with Crippen LogP contribution in [0.2, 0.25) is 0 Å². The molecule has 1 rings (SSSR count). The van der Waals surface area contributed by atoms with Crippen molar-refractivity contribution in [2.45, 2.75) is 71.9 Å². The van der Waals surface area contributed by atoms with Crippen LogP contribution < -0.4 is 5.32 Å². The summed E-state index contributed by atoms with van der Waals surface area (Å²) in [7, 11) is 0. The fraction of sp³-hybridized carbons (Fsp3) is 1.00. The van der Waals surface area contributed by atoms with E-state index in [1.165, 1.54) is 25.7 Å². The Kier molecular flexibility index (Phi) is 5.26. The van der Waals surface area contributed by atoms with Crippen molar-refractivity contribution in [2.75, 3.05) is 6.61 Å². The molecule has 0 spiro atoms. The number of hydrogen-bond acceptors (Lipinski definition) is 1. The van der Waals surface area contributed by atoms with Gasteiger partial charge in [-0.2, -0.15) is 0 Å². The molecule has 0 aromatic heterocycles. The largest absolute Gasteiger partial charge is 0.390 e. The Morgan fingerprint density at radius 1 is 1.19 bits per heavy atom. The Labute approximate surface area is 101 Å². The van der Waals surface area contributed by atoms with E-state index < -0.39 is 0 Å². The van der Waals surface area contributed by atoms with Gasteiger partial charge < -0.3 is 10.4 Å². The van der Waals surface area contributed by atoms with Gasteiger partial charge in [0.15, 0.2) is 0 Å². The second-order valence-corrected chi connectivity index (χ2v) is 6.52. The molecule has 1 fully saturated rings. The van der Waals surface area contributed by atoms with Crippen molar-refractivity contribution in [3.8, 4) is 0 Å². The molecule has 1 aliphatic rings. The summed E-state index contributed by atoms with van der Waals surface area (Å²) in [6.45, 7) is 9.59. The molecule has 2 heteroatoms. The number of hydrogen-bond donors (Lipinski definition) is 2. The summed E-state index contributed by atoms with van der Waals surface area (Å²) in [5.74, 6) is 0.895. The molecule has 0 bridgehead atoms. The van der Waals surface area contributed by atoms with E-state index in [-0.39, 0.29) is 0 Å². The molecule has 3 N–H and O–H groups in total. The smallest absolute Gasteiger partial charge is 0.109 e. The van der Waals surface area contributed by atoms with Crippen LogP contribution in [0.4, 0.5) is 0 Å². The van der Waals surface area contributed by atoms with Gasteiger partial charge in [0.25, 0.3) is 0 Å². The summed E-state index contributed by atoms with van der Waals surface area (Å²) in [6.07, 6.45) is 6.48. The molecule has 0 aromatic carbocycles. The van der Waals surface area contributed by atoms with Gasteiger partial charge >= 0.3 is 0 Å². The number of rotatable bonds is 4. The van der Waals surface area contributed by atoms with Crippen LogP contribution >= 0.6 is 0 Å². The normalized spacial score (nSPS) is 29.1. The maximum atomic E-state index is 9.21. The second-order valence-electron chi connectivity index (χ2n) is 6.52. The Morgan fingerprint density at radius 2 is 1.75 bits per heavy atom. The molecule has 1 unspecified atom stereocenters. The monoisotopic (exact) mass is 228 g/mol.